The van der Waals surface area contributed by atoms with E-state index in [9.17, 15) is 9.90 Å². The fourth-order valence-electron chi connectivity index (χ4n) is 1.92. The number of hydrogen-bond donors (Lipinski definition) is 1. The van der Waals surface area contributed by atoms with Gasteiger partial charge >= 0.3 is 0 Å². The van der Waals surface area contributed by atoms with Crippen LogP contribution in [0.4, 0.5) is 0 Å². The minimum absolute atomic E-state index is 0.0879. The molecular formula is C11H20O2. The molecule has 76 valence electrons. The van der Waals surface area contributed by atoms with Crippen molar-refractivity contribution in [2.75, 3.05) is 0 Å². The maximum absolute atomic E-state index is 11.7. The van der Waals surface area contributed by atoms with E-state index in [2.05, 4.69) is 20.8 Å². The summed E-state index contributed by atoms with van der Waals surface area (Å²) >= 11 is 0. The Bertz CT molecular complexity index is 191. The van der Waals surface area contributed by atoms with Gasteiger partial charge in [-0.05, 0) is 24.7 Å². The number of aliphatic hydroxyl groups is 1. The van der Waals surface area contributed by atoms with E-state index in [1.807, 2.05) is 0 Å². The van der Waals surface area contributed by atoms with E-state index in [1.54, 1.807) is 0 Å². The quantitative estimate of drug-likeness (QED) is 0.714. The Morgan fingerprint density at radius 2 is 2.00 bits per heavy atom. The zero-order valence-corrected chi connectivity index (χ0v) is 8.84. The second-order valence-corrected chi connectivity index (χ2v) is 5.37. The molecule has 0 amide bonds. The molecule has 2 heteroatoms. The van der Waals surface area contributed by atoms with Crippen LogP contribution in [0.3, 0.4) is 0 Å². The van der Waals surface area contributed by atoms with Crippen LogP contribution in [0, 0.1) is 11.3 Å². The van der Waals surface area contributed by atoms with Crippen LogP contribution >= 0.6 is 0 Å². The first-order chi connectivity index (χ1) is 5.88. The van der Waals surface area contributed by atoms with Gasteiger partial charge in [0, 0.05) is 12.3 Å². The molecule has 0 saturated heterocycles. The molecule has 1 rings (SSSR count). The average Bonchev–Trinajstić information content (AvgIpc) is 2.31. The number of ketones is 1. The van der Waals surface area contributed by atoms with Crippen molar-refractivity contribution in [3.63, 3.8) is 0 Å². The zero-order chi connectivity index (χ0) is 10.1. The number of hydrogen-bond acceptors (Lipinski definition) is 2. The Kier molecular flexibility index (Phi) is 3.12. The maximum atomic E-state index is 11.7. The van der Waals surface area contributed by atoms with E-state index >= 15 is 0 Å². The Morgan fingerprint density at radius 1 is 1.38 bits per heavy atom. The van der Waals surface area contributed by atoms with Crippen molar-refractivity contribution in [2.24, 2.45) is 11.3 Å². The molecule has 1 aliphatic carbocycles. The van der Waals surface area contributed by atoms with Gasteiger partial charge in [-0.3, -0.25) is 4.79 Å². The molecule has 0 aromatic rings. The van der Waals surface area contributed by atoms with Crippen molar-refractivity contribution in [1.29, 1.82) is 0 Å². The highest BCUT2D eigenvalue weighted by atomic mass is 16.3. The lowest BCUT2D eigenvalue weighted by atomic mass is 9.85. The van der Waals surface area contributed by atoms with Gasteiger partial charge in [0.2, 0.25) is 0 Å². The first kappa shape index (κ1) is 10.7. The highest BCUT2D eigenvalue weighted by Gasteiger charge is 2.30. The number of carbonyl (C=O) groups excluding carboxylic acids is 1. The lowest BCUT2D eigenvalue weighted by molar-refractivity contribution is -0.124. The van der Waals surface area contributed by atoms with Crippen LogP contribution in [-0.2, 0) is 4.79 Å². The molecule has 0 aromatic carbocycles. The number of Topliss-reactive ketones (excluding diaryl/α,β-unsaturated/α-hetero) is 1. The molecule has 0 bridgehead atoms. The summed E-state index contributed by atoms with van der Waals surface area (Å²) < 4.78 is 0. The predicted molar refractivity (Wildman–Crippen MR) is 52.4 cm³/mol. The molecule has 13 heavy (non-hydrogen) atoms. The van der Waals surface area contributed by atoms with Gasteiger partial charge in [0.15, 0.2) is 0 Å². The lowest BCUT2D eigenvalue weighted by Crippen LogP contribution is -2.19. The highest BCUT2D eigenvalue weighted by molar-refractivity contribution is 5.81. The highest BCUT2D eigenvalue weighted by Crippen LogP contribution is 2.30. The van der Waals surface area contributed by atoms with E-state index in [1.165, 1.54) is 0 Å². The van der Waals surface area contributed by atoms with Gasteiger partial charge in [0.1, 0.15) is 5.78 Å². The summed E-state index contributed by atoms with van der Waals surface area (Å²) in [5.41, 5.74) is 0.0879. The zero-order valence-electron chi connectivity index (χ0n) is 8.84. The second kappa shape index (κ2) is 3.79. The molecule has 2 atom stereocenters. The molecule has 0 unspecified atom stereocenters. The van der Waals surface area contributed by atoms with Gasteiger partial charge in [-0.2, -0.15) is 0 Å². The van der Waals surface area contributed by atoms with Crippen LogP contribution in [0.2, 0.25) is 0 Å². The first-order valence-corrected chi connectivity index (χ1v) is 5.09. The van der Waals surface area contributed by atoms with Crippen LogP contribution in [0.15, 0.2) is 0 Å². The summed E-state index contributed by atoms with van der Waals surface area (Å²) in [7, 11) is 0. The molecule has 0 aliphatic heterocycles. The van der Waals surface area contributed by atoms with Gasteiger partial charge in [-0.1, -0.05) is 20.8 Å². The number of rotatable bonds is 2. The molecule has 1 saturated carbocycles. The topological polar surface area (TPSA) is 37.3 Å². The molecule has 0 aromatic heterocycles. The van der Waals surface area contributed by atoms with E-state index in [0.717, 1.165) is 12.8 Å². The van der Waals surface area contributed by atoms with Gasteiger partial charge in [-0.15, -0.1) is 0 Å². The largest absolute Gasteiger partial charge is 0.393 e. The summed E-state index contributed by atoms with van der Waals surface area (Å²) in [4.78, 5) is 11.7. The van der Waals surface area contributed by atoms with Gasteiger partial charge in [0.25, 0.3) is 0 Å². The fourth-order valence-corrected chi connectivity index (χ4v) is 1.92. The Morgan fingerprint density at radius 3 is 2.38 bits per heavy atom. The molecule has 0 radical (unpaired) electrons. The number of aliphatic hydroxyl groups excluding tert-OH is 1. The van der Waals surface area contributed by atoms with E-state index in [0.29, 0.717) is 18.6 Å². The van der Waals surface area contributed by atoms with Crippen molar-refractivity contribution >= 4 is 5.78 Å². The Balaban J connectivity index is 2.41. The predicted octanol–water partition coefficient (Wildman–Crippen LogP) is 2.15. The minimum Gasteiger partial charge on any atom is -0.393 e. The molecule has 1 aliphatic rings. The average molecular weight is 184 g/mol. The Hall–Kier alpha value is -0.370. The molecule has 1 N–H and O–H groups in total. The van der Waals surface area contributed by atoms with Crippen LogP contribution < -0.4 is 0 Å². The van der Waals surface area contributed by atoms with E-state index in [-0.39, 0.29) is 17.4 Å². The molecular weight excluding hydrogens is 164 g/mol. The maximum Gasteiger partial charge on any atom is 0.136 e. The van der Waals surface area contributed by atoms with Gasteiger partial charge in [-0.25, -0.2) is 0 Å². The Labute approximate surface area is 80.3 Å². The molecule has 0 heterocycles. The monoisotopic (exact) mass is 184 g/mol. The van der Waals surface area contributed by atoms with Gasteiger partial charge in [0.05, 0.1) is 6.10 Å². The summed E-state index contributed by atoms with van der Waals surface area (Å²) in [5, 5.41) is 9.29. The number of carbonyl (C=O) groups is 1. The summed E-state index contributed by atoms with van der Waals surface area (Å²) in [6.45, 7) is 6.24. The second-order valence-electron chi connectivity index (χ2n) is 5.37. The summed E-state index contributed by atoms with van der Waals surface area (Å²) in [6, 6.07) is 0. The van der Waals surface area contributed by atoms with Crippen LogP contribution in [-0.4, -0.2) is 17.0 Å². The lowest BCUT2D eigenvalue weighted by Gasteiger charge is -2.19. The first-order valence-electron chi connectivity index (χ1n) is 5.09. The fraction of sp³-hybridized carbons (Fsp3) is 0.909. The SMILES string of the molecule is CC(C)(C)CC(=O)[C@@H]1CC[C@@H](O)C1. The van der Waals surface area contributed by atoms with Crippen LogP contribution in [0.25, 0.3) is 0 Å². The smallest absolute Gasteiger partial charge is 0.136 e. The molecule has 2 nitrogen and oxygen atoms in total. The van der Waals surface area contributed by atoms with Crippen LogP contribution in [0.1, 0.15) is 46.5 Å². The van der Waals surface area contributed by atoms with Crippen molar-refractivity contribution < 1.29 is 9.90 Å². The summed E-state index contributed by atoms with van der Waals surface area (Å²) in [5.74, 6) is 0.471. The third-order valence-electron chi connectivity index (χ3n) is 2.56. The standard InChI is InChI=1S/C11H20O2/c1-11(2,3)7-10(13)8-4-5-9(12)6-8/h8-9,12H,4-7H2,1-3H3/t8-,9-/m1/s1. The third-order valence-corrected chi connectivity index (χ3v) is 2.56. The molecule has 1 fully saturated rings. The summed E-state index contributed by atoms with van der Waals surface area (Å²) in [6.07, 6.45) is 2.80. The minimum atomic E-state index is -0.228. The van der Waals surface area contributed by atoms with Crippen molar-refractivity contribution in [2.45, 2.75) is 52.6 Å². The van der Waals surface area contributed by atoms with Crippen molar-refractivity contribution in [3.05, 3.63) is 0 Å². The van der Waals surface area contributed by atoms with E-state index in [4.69, 9.17) is 0 Å². The van der Waals surface area contributed by atoms with E-state index < -0.39 is 0 Å². The third kappa shape index (κ3) is 3.47. The van der Waals surface area contributed by atoms with Crippen molar-refractivity contribution in [3.8, 4) is 0 Å². The normalized spacial score (nSPS) is 29.2. The van der Waals surface area contributed by atoms with Crippen LogP contribution in [0.5, 0.6) is 0 Å². The molecule has 0 spiro atoms. The van der Waals surface area contributed by atoms with Crippen molar-refractivity contribution in [1.82, 2.24) is 0 Å². The van der Waals surface area contributed by atoms with Gasteiger partial charge < -0.3 is 5.11 Å².